The fourth-order valence-electron chi connectivity index (χ4n) is 2.05. The van der Waals surface area contributed by atoms with Gasteiger partial charge in [0.15, 0.2) is 0 Å². The van der Waals surface area contributed by atoms with Gasteiger partial charge in [0.2, 0.25) is 0 Å². The number of fused-ring (bicyclic) bond motifs is 1. The van der Waals surface area contributed by atoms with Crippen molar-refractivity contribution in [2.45, 2.75) is 0 Å². The number of thioether (sulfide) groups is 1. The molecule has 2 heterocycles. The molecule has 82 valence electrons. The molecular weight excluding hydrogens is 218 g/mol. The molecule has 1 aliphatic rings. The Balaban J connectivity index is 2.08. The quantitative estimate of drug-likeness (QED) is 0.752. The van der Waals surface area contributed by atoms with Crippen LogP contribution < -0.4 is 4.90 Å². The largest absolute Gasteiger partial charge is 0.368 e. The van der Waals surface area contributed by atoms with Crippen LogP contribution >= 0.6 is 11.8 Å². The smallest absolute Gasteiger partial charge is 0.0950 e. The zero-order valence-corrected chi connectivity index (χ0v) is 9.78. The molecule has 1 fully saturated rings. The lowest BCUT2D eigenvalue weighted by atomic mass is 10.2. The summed E-state index contributed by atoms with van der Waals surface area (Å²) < 4.78 is 0. The van der Waals surface area contributed by atoms with Crippen molar-refractivity contribution in [2.75, 3.05) is 29.5 Å². The van der Waals surface area contributed by atoms with Gasteiger partial charge in [-0.25, -0.2) is 0 Å². The van der Waals surface area contributed by atoms with Crippen molar-refractivity contribution in [1.82, 2.24) is 10.2 Å². The second kappa shape index (κ2) is 4.29. The lowest BCUT2D eigenvalue weighted by molar-refractivity contribution is 0.855. The molecule has 3 nitrogen and oxygen atoms in total. The van der Waals surface area contributed by atoms with Crippen molar-refractivity contribution in [3.63, 3.8) is 0 Å². The van der Waals surface area contributed by atoms with Gasteiger partial charge in [0, 0.05) is 30.0 Å². The second-order valence-corrected chi connectivity index (χ2v) is 5.07. The summed E-state index contributed by atoms with van der Waals surface area (Å²) in [7, 11) is 0. The van der Waals surface area contributed by atoms with E-state index >= 15 is 0 Å². The highest BCUT2D eigenvalue weighted by Gasteiger charge is 2.14. The summed E-state index contributed by atoms with van der Waals surface area (Å²) in [6.07, 6.45) is 1.89. The van der Waals surface area contributed by atoms with E-state index in [0.717, 1.165) is 18.6 Å². The number of nitrogens with zero attached hydrogens (tertiary/aromatic N) is 3. The molecule has 16 heavy (non-hydrogen) atoms. The van der Waals surface area contributed by atoms with E-state index in [9.17, 15) is 0 Å². The van der Waals surface area contributed by atoms with E-state index in [1.165, 1.54) is 22.6 Å². The average Bonchev–Trinajstić information content (AvgIpc) is 2.39. The Hall–Kier alpha value is -1.29. The van der Waals surface area contributed by atoms with E-state index in [2.05, 4.69) is 27.2 Å². The Labute approximate surface area is 98.9 Å². The van der Waals surface area contributed by atoms with Gasteiger partial charge < -0.3 is 4.90 Å². The SMILES string of the molecule is c1ccc2c(N3CCSCC3)cnnc2c1. The first-order chi connectivity index (χ1) is 7.95. The summed E-state index contributed by atoms with van der Waals surface area (Å²) in [6, 6.07) is 8.21. The van der Waals surface area contributed by atoms with Crippen molar-refractivity contribution < 1.29 is 0 Å². The van der Waals surface area contributed by atoms with Crippen LogP contribution in [0.15, 0.2) is 30.5 Å². The summed E-state index contributed by atoms with van der Waals surface area (Å²) in [5, 5.41) is 9.46. The molecule has 2 aromatic rings. The number of rotatable bonds is 1. The second-order valence-electron chi connectivity index (χ2n) is 3.85. The van der Waals surface area contributed by atoms with Crippen LogP contribution in [-0.4, -0.2) is 34.8 Å². The third kappa shape index (κ3) is 1.73. The molecule has 0 radical (unpaired) electrons. The van der Waals surface area contributed by atoms with Crippen LogP contribution in [0.4, 0.5) is 5.69 Å². The molecule has 1 aliphatic heterocycles. The Morgan fingerprint density at radius 2 is 1.94 bits per heavy atom. The lowest BCUT2D eigenvalue weighted by Crippen LogP contribution is -2.32. The minimum Gasteiger partial charge on any atom is -0.368 e. The summed E-state index contributed by atoms with van der Waals surface area (Å²) in [4.78, 5) is 2.41. The molecule has 1 aromatic carbocycles. The first-order valence-corrected chi connectivity index (χ1v) is 6.64. The van der Waals surface area contributed by atoms with Gasteiger partial charge in [-0.05, 0) is 6.07 Å². The van der Waals surface area contributed by atoms with Gasteiger partial charge >= 0.3 is 0 Å². The van der Waals surface area contributed by atoms with Crippen molar-refractivity contribution in [1.29, 1.82) is 0 Å². The van der Waals surface area contributed by atoms with Crippen LogP contribution in [0, 0.1) is 0 Å². The Morgan fingerprint density at radius 1 is 1.12 bits per heavy atom. The number of aromatic nitrogens is 2. The lowest BCUT2D eigenvalue weighted by Gasteiger charge is -2.28. The molecule has 1 saturated heterocycles. The topological polar surface area (TPSA) is 29.0 Å². The van der Waals surface area contributed by atoms with Crippen LogP contribution in [0.5, 0.6) is 0 Å². The minimum atomic E-state index is 0.984. The van der Waals surface area contributed by atoms with E-state index in [1.807, 2.05) is 30.1 Å². The number of benzene rings is 1. The Kier molecular flexibility index (Phi) is 2.66. The molecule has 3 rings (SSSR count). The van der Waals surface area contributed by atoms with Gasteiger partial charge in [-0.2, -0.15) is 22.0 Å². The molecule has 0 unspecified atom stereocenters. The van der Waals surface area contributed by atoms with Crippen LogP contribution in [0.2, 0.25) is 0 Å². The highest BCUT2D eigenvalue weighted by atomic mass is 32.2. The first-order valence-electron chi connectivity index (χ1n) is 5.48. The van der Waals surface area contributed by atoms with Gasteiger partial charge in [0.1, 0.15) is 0 Å². The zero-order chi connectivity index (χ0) is 10.8. The van der Waals surface area contributed by atoms with E-state index in [0.29, 0.717) is 0 Å². The van der Waals surface area contributed by atoms with Gasteiger partial charge in [-0.3, -0.25) is 0 Å². The van der Waals surface area contributed by atoms with Crippen LogP contribution in [0.1, 0.15) is 0 Å². The number of anilines is 1. The third-order valence-electron chi connectivity index (χ3n) is 2.88. The van der Waals surface area contributed by atoms with E-state index in [4.69, 9.17) is 0 Å². The fraction of sp³-hybridized carbons (Fsp3) is 0.333. The first kappa shape index (κ1) is 9.90. The number of hydrogen-bond acceptors (Lipinski definition) is 4. The highest BCUT2D eigenvalue weighted by molar-refractivity contribution is 7.99. The van der Waals surface area contributed by atoms with Crippen LogP contribution in [0.3, 0.4) is 0 Å². The van der Waals surface area contributed by atoms with Crippen LogP contribution in [-0.2, 0) is 0 Å². The molecule has 0 amide bonds. The maximum Gasteiger partial charge on any atom is 0.0950 e. The zero-order valence-electron chi connectivity index (χ0n) is 8.97. The number of hydrogen-bond donors (Lipinski definition) is 0. The summed E-state index contributed by atoms with van der Waals surface area (Å²) >= 11 is 2.02. The molecular formula is C12H13N3S. The Morgan fingerprint density at radius 3 is 2.81 bits per heavy atom. The highest BCUT2D eigenvalue weighted by Crippen LogP contribution is 2.26. The van der Waals surface area contributed by atoms with Gasteiger partial charge in [-0.15, -0.1) is 0 Å². The molecule has 1 aromatic heterocycles. The van der Waals surface area contributed by atoms with E-state index < -0.39 is 0 Å². The van der Waals surface area contributed by atoms with Gasteiger partial charge in [0.25, 0.3) is 0 Å². The maximum absolute atomic E-state index is 4.15. The van der Waals surface area contributed by atoms with Crippen molar-refractivity contribution in [2.24, 2.45) is 0 Å². The predicted octanol–water partition coefficient (Wildman–Crippen LogP) is 2.18. The molecule has 0 N–H and O–H groups in total. The third-order valence-corrected chi connectivity index (χ3v) is 3.82. The summed E-state index contributed by atoms with van der Waals surface area (Å²) in [5.41, 5.74) is 2.21. The predicted molar refractivity (Wildman–Crippen MR) is 69.1 cm³/mol. The van der Waals surface area contributed by atoms with Crippen molar-refractivity contribution >= 4 is 28.4 Å². The molecule has 0 saturated carbocycles. The molecule has 0 atom stereocenters. The van der Waals surface area contributed by atoms with E-state index in [1.54, 1.807) is 0 Å². The minimum absolute atomic E-state index is 0.984. The standard InChI is InChI=1S/C12H13N3S/c1-2-4-11-10(3-1)12(9-13-14-11)15-5-7-16-8-6-15/h1-4,9H,5-8H2. The normalized spacial score (nSPS) is 16.6. The van der Waals surface area contributed by atoms with Gasteiger partial charge in [0.05, 0.1) is 17.4 Å². The molecule has 4 heteroatoms. The van der Waals surface area contributed by atoms with Crippen LogP contribution in [0.25, 0.3) is 10.9 Å². The van der Waals surface area contributed by atoms with Crippen molar-refractivity contribution in [3.05, 3.63) is 30.5 Å². The summed E-state index contributed by atoms with van der Waals surface area (Å²) in [5.74, 6) is 2.41. The Bertz CT molecular complexity index is 489. The monoisotopic (exact) mass is 231 g/mol. The maximum atomic E-state index is 4.15. The molecule has 0 bridgehead atoms. The van der Waals surface area contributed by atoms with E-state index in [-0.39, 0.29) is 0 Å². The molecule has 0 spiro atoms. The fourth-order valence-corrected chi connectivity index (χ4v) is 2.95. The molecule has 0 aliphatic carbocycles. The van der Waals surface area contributed by atoms with Crippen molar-refractivity contribution in [3.8, 4) is 0 Å². The van der Waals surface area contributed by atoms with Gasteiger partial charge in [-0.1, -0.05) is 18.2 Å². The summed E-state index contributed by atoms with van der Waals surface area (Å²) in [6.45, 7) is 2.22. The average molecular weight is 231 g/mol.